The Hall–Kier alpha value is -3.03. The number of urea groups is 1. The van der Waals surface area contributed by atoms with Gasteiger partial charge in [-0.1, -0.05) is 5.16 Å². The zero-order valence-electron chi connectivity index (χ0n) is 14.2. The quantitative estimate of drug-likeness (QED) is 0.746. The molecular weight excluding hydrogens is 322 g/mol. The number of oxime groups is 1. The van der Waals surface area contributed by atoms with Gasteiger partial charge in [-0.3, -0.25) is 5.10 Å². The Morgan fingerprint density at radius 2 is 2.24 bits per heavy atom. The first-order chi connectivity index (χ1) is 12.2. The van der Waals surface area contributed by atoms with Crippen LogP contribution in [0.1, 0.15) is 30.5 Å². The van der Waals surface area contributed by atoms with Gasteiger partial charge in [0.1, 0.15) is 5.75 Å². The maximum absolute atomic E-state index is 12.0. The van der Waals surface area contributed by atoms with E-state index in [0.29, 0.717) is 13.0 Å². The monoisotopic (exact) mass is 343 g/mol. The summed E-state index contributed by atoms with van der Waals surface area (Å²) in [6.45, 7) is 2.27. The average molecular weight is 343 g/mol. The molecule has 0 bridgehead atoms. The van der Waals surface area contributed by atoms with E-state index in [1.54, 1.807) is 19.5 Å². The molecule has 8 nitrogen and oxygen atoms in total. The van der Waals surface area contributed by atoms with Gasteiger partial charge >= 0.3 is 6.03 Å². The lowest BCUT2D eigenvalue weighted by Gasteiger charge is -2.14. The molecular formula is C17H21N5O3. The Morgan fingerprint density at radius 3 is 2.92 bits per heavy atom. The fraction of sp³-hybridized carbons (Fsp3) is 0.353. The minimum absolute atomic E-state index is 0.130. The molecule has 2 heterocycles. The summed E-state index contributed by atoms with van der Waals surface area (Å²) in [6.07, 6.45) is 3.90. The second-order valence-electron chi connectivity index (χ2n) is 5.81. The van der Waals surface area contributed by atoms with Crippen molar-refractivity contribution in [3.05, 3.63) is 47.8 Å². The van der Waals surface area contributed by atoms with Crippen molar-refractivity contribution < 1.29 is 14.4 Å². The summed E-state index contributed by atoms with van der Waals surface area (Å²) >= 11 is 0. The number of carbonyl (C=O) groups is 1. The van der Waals surface area contributed by atoms with E-state index < -0.39 is 0 Å². The number of ether oxygens (including phenoxy) is 1. The molecule has 1 aromatic heterocycles. The molecule has 25 heavy (non-hydrogen) atoms. The van der Waals surface area contributed by atoms with Gasteiger partial charge in [0.15, 0.2) is 6.10 Å². The summed E-state index contributed by atoms with van der Waals surface area (Å²) in [7, 11) is 1.63. The van der Waals surface area contributed by atoms with Crippen molar-refractivity contribution in [2.45, 2.75) is 25.5 Å². The molecule has 1 aliphatic rings. The SMILES string of the molecule is COc1ccc(C2=NOC(CNC(=O)NC(C)c3cn[nH]c3)C2)cc1. The third-order valence-electron chi connectivity index (χ3n) is 4.01. The minimum atomic E-state index is -0.254. The Labute approximate surface area is 145 Å². The highest BCUT2D eigenvalue weighted by molar-refractivity contribution is 6.01. The molecule has 0 spiro atoms. The number of amides is 2. The van der Waals surface area contributed by atoms with E-state index in [1.165, 1.54) is 0 Å². The van der Waals surface area contributed by atoms with E-state index in [0.717, 1.165) is 22.6 Å². The summed E-state index contributed by atoms with van der Waals surface area (Å²) in [6, 6.07) is 7.26. The van der Waals surface area contributed by atoms with Crippen LogP contribution in [0.25, 0.3) is 0 Å². The van der Waals surface area contributed by atoms with Crippen LogP contribution in [0.4, 0.5) is 4.79 Å². The Kier molecular flexibility index (Phi) is 5.17. The van der Waals surface area contributed by atoms with Crippen molar-refractivity contribution >= 4 is 11.7 Å². The standard InChI is InChI=1S/C17H21N5O3/c1-11(13-8-19-20-9-13)21-17(23)18-10-15-7-16(22-25-15)12-3-5-14(24-2)6-4-12/h3-6,8-9,11,15H,7,10H2,1-2H3,(H,19,20)(H2,18,21,23). The Balaban J connectivity index is 1.43. The molecule has 1 aromatic carbocycles. The molecule has 1 aliphatic heterocycles. The van der Waals surface area contributed by atoms with Crippen LogP contribution in [0.5, 0.6) is 5.75 Å². The van der Waals surface area contributed by atoms with Gasteiger partial charge in [0.05, 0.1) is 31.6 Å². The largest absolute Gasteiger partial charge is 0.497 e. The van der Waals surface area contributed by atoms with Crippen LogP contribution in [0, 0.1) is 0 Å². The molecule has 0 radical (unpaired) electrons. The van der Waals surface area contributed by atoms with E-state index in [-0.39, 0.29) is 18.2 Å². The van der Waals surface area contributed by atoms with E-state index >= 15 is 0 Å². The van der Waals surface area contributed by atoms with Crippen molar-refractivity contribution in [1.29, 1.82) is 0 Å². The number of aromatic nitrogens is 2. The average Bonchev–Trinajstić information content (AvgIpc) is 3.32. The van der Waals surface area contributed by atoms with Gasteiger partial charge < -0.3 is 20.2 Å². The van der Waals surface area contributed by atoms with Crippen LogP contribution < -0.4 is 15.4 Å². The smallest absolute Gasteiger partial charge is 0.315 e. The Morgan fingerprint density at radius 1 is 1.44 bits per heavy atom. The predicted molar refractivity (Wildman–Crippen MR) is 92.6 cm³/mol. The number of benzene rings is 1. The molecule has 2 unspecified atom stereocenters. The molecule has 3 rings (SSSR count). The molecule has 0 aliphatic carbocycles. The van der Waals surface area contributed by atoms with E-state index in [1.807, 2.05) is 31.2 Å². The number of aromatic amines is 1. The van der Waals surface area contributed by atoms with Gasteiger partial charge in [-0.25, -0.2) is 4.79 Å². The molecule has 3 N–H and O–H groups in total. The molecule has 2 atom stereocenters. The fourth-order valence-electron chi connectivity index (χ4n) is 2.53. The Bertz CT molecular complexity index is 727. The summed E-state index contributed by atoms with van der Waals surface area (Å²) in [5, 5.41) is 16.4. The normalized spacial score (nSPS) is 17.4. The number of H-pyrrole nitrogens is 1. The lowest BCUT2D eigenvalue weighted by molar-refractivity contribution is 0.0864. The number of hydrogen-bond donors (Lipinski definition) is 3. The molecule has 2 aromatic rings. The highest BCUT2D eigenvalue weighted by Crippen LogP contribution is 2.19. The lowest BCUT2D eigenvalue weighted by atomic mass is 10.0. The first kappa shape index (κ1) is 16.8. The predicted octanol–water partition coefficient (Wildman–Crippen LogP) is 1.97. The third-order valence-corrected chi connectivity index (χ3v) is 4.01. The number of methoxy groups -OCH3 is 1. The van der Waals surface area contributed by atoms with Crippen molar-refractivity contribution in [2.24, 2.45) is 5.16 Å². The number of rotatable bonds is 6. The fourth-order valence-corrected chi connectivity index (χ4v) is 2.53. The van der Waals surface area contributed by atoms with Crippen molar-refractivity contribution in [3.63, 3.8) is 0 Å². The van der Waals surface area contributed by atoms with Gasteiger partial charge in [-0.05, 0) is 36.8 Å². The lowest BCUT2D eigenvalue weighted by Crippen LogP contribution is -2.40. The highest BCUT2D eigenvalue weighted by Gasteiger charge is 2.23. The molecule has 0 fully saturated rings. The van der Waals surface area contributed by atoms with Crippen LogP contribution in [0.3, 0.4) is 0 Å². The van der Waals surface area contributed by atoms with Gasteiger partial charge in [0.2, 0.25) is 0 Å². The number of carbonyl (C=O) groups excluding carboxylic acids is 1. The minimum Gasteiger partial charge on any atom is -0.497 e. The van der Waals surface area contributed by atoms with Crippen LogP contribution >= 0.6 is 0 Å². The van der Waals surface area contributed by atoms with Gasteiger partial charge in [-0.2, -0.15) is 5.10 Å². The van der Waals surface area contributed by atoms with Crippen molar-refractivity contribution in [3.8, 4) is 5.75 Å². The maximum Gasteiger partial charge on any atom is 0.315 e. The summed E-state index contributed by atoms with van der Waals surface area (Å²) < 4.78 is 5.14. The number of hydrogen-bond acceptors (Lipinski definition) is 5. The van der Waals surface area contributed by atoms with E-state index in [4.69, 9.17) is 9.57 Å². The summed E-state index contributed by atoms with van der Waals surface area (Å²) in [5.41, 5.74) is 2.76. The van der Waals surface area contributed by atoms with Gasteiger partial charge in [0.25, 0.3) is 0 Å². The van der Waals surface area contributed by atoms with Crippen molar-refractivity contribution in [1.82, 2.24) is 20.8 Å². The second kappa shape index (κ2) is 7.69. The highest BCUT2D eigenvalue weighted by atomic mass is 16.6. The number of nitrogens with one attached hydrogen (secondary N) is 3. The van der Waals surface area contributed by atoms with Crippen LogP contribution in [0.15, 0.2) is 41.8 Å². The van der Waals surface area contributed by atoms with Gasteiger partial charge in [0, 0.05) is 18.2 Å². The summed E-state index contributed by atoms with van der Waals surface area (Å²) in [4.78, 5) is 17.4. The molecule has 8 heteroatoms. The van der Waals surface area contributed by atoms with Crippen molar-refractivity contribution in [2.75, 3.05) is 13.7 Å². The van der Waals surface area contributed by atoms with Crippen LogP contribution in [-0.4, -0.2) is 41.7 Å². The first-order valence-corrected chi connectivity index (χ1v) is 8.06. The van der Waals surface area contributed by atoms with Crippen LogP contribution in [0.2, 0.25) is 0 Å². The maximum atomic E-state index is 12.0. The van der Waals surface area contributed by atoms with E-state index in [2.05, 4.69) is 26.0 Å². The first-order valence-electron chi connectivity index (χ1n) is 8.06. The molecule has 0 saturated heterocycles. The van der Waals surface area contributed by atoms with E-state index in [9.17, 15) is 4.79 Å². The third kappa shape index (κ3) is 4.28. The molecule has 2 amide bonds. The second-order valence-corrected chi connectivity index (χ2v) is 5.81. The topological polar surface area (TPSA) is 101 Å². The zero-order valence-corrected chi connectivity index (χ0v) is 14.2. The summed E-state index contributed by atoms with van der Waals surface area (Å²) in [5.74, 6) is 0.796. The molecule has 0 saturated carbocycles. The molecule has 132 valence electrons. The van der Waals surface area contributed by atoms with Crippen LogP contribution in [-0.2, 0) is 4.84 Å². The zero-order chi connectivity index (χ0) is 17.6. The van der Waals surface area contributed by atoms with Gasteiger partial charge in [-0.15, -0.1) is 0 Å². The number of nitrogens with zero attached hydrogens (tertiary/aromatic N) is 2.